The Morgan fingerprint density at radius 2 is 1.79 bits per heavy atom. The molecule has 0 aliphatic carbocycles. The van der Waals surface area contributed by atoms with Gasteiger partial charge in [0, 0.05) is 25.8 Å². The fourth-order valence-corrected chi connectivity index (χ4v) is 2.18. The van der Waals surface area contributed by atoms with Crippen LogP contribution in [0.2, 0.25) is 0 Å². The van der Waals surface area contributed by atoms with Crippen molar-refractivity contribution < 1.29 is 0 Å². The Kier molecular flexibility index (Phi) is 7.45. The van der Waals surface area contributed by atoms with Crippen molar-refractivity contribution in [3.05, 3.63) is 23.9 Å². The maximum Gasteiger partial charge on any atom is 0.128 e. The van der Waals surface area contributed by atoms with Crippen LogP contribution in [0.15, 0.2) is 18.3 Å². The Labute approximate surface area is 117 Å². The first-order valence-corrected chi connectivity index (χ1v) is 7.37. The summed E-state index contributed by atoms with van der Waals surface area (Å²) in [5, 5.41) is 0. The summed E-state index contributed by atoms with van der Waals surface area (Å²) >= 11 is 0. The molecule has 0 atom stereocenters. The van der Waals surface area contributed by atoms with Gasteiger partial charge in [0.05, 0.1) is 0 Å². The lowest BCUT2D eigenvalue weighted by Gasteiger charge is -2.24. The van der Waals surface area contributed by atoms with Crippen molar-refractivity contribution >= 4 is 5.82 Å². The minimum Gasteiger partial charge on any atom is -0.357 e. The van der Waals surface area contributed by atoms with Gasteiger partial charge in [0.15, 0.2) is 0 Å². The molecule has 1 aromatic heterocycles. The molecule has 0 aliphatic heterocycles. The van der Waals surface area contributed by atoms with Crippen molar-refractivity contribution in [3.8, 4) is 0 Å². The molecule has 4 nitrogen and oxygen atoms in total. The maximum atomic E-state index is 5.59. The van der Waals surface area contributed by atoms with Gasteiger partial charge in [-0.05, 0) is 44.6 Å². The average Bonchev–Trinajstić information content (AvgIpc) is 2.48. The number of aromatic nitrogens is 1. The van der Waals surface area contributed by atoms with Gasteiger partial charge in [-0.3, -0.25) is 0 Å². The lowest BCUT2D eigenvalue weighted by molar-refractivity contribution is 0.300. The molecule has 2 N–H and O–H groups in total. The summed E-state index contributed by atoms with van der Waals surface area (Å²) in [5.74, 6) is 1.05. The van der Waals surface area contributed by atoms with Crippen LogP contribution in [0.4, 0.5) is 5.82 Å². The molecule has 1 rings (SSSR count). The predicted molar refractivity (Wildman–Crippen MR) is 82.4 cm³/mol. The molecule has 0 aliphatic rings. The van der Waals surface area contributed by atoms with Gasteiger partial charge in [-0.15, -0.1) is 0 Å². The first-order chi connectivity index (χ1) is 9.24. The van der Waals surface area contributed by atoms with E-state index in [1.807, 2.05) is 6.20 Å². The van der Waals surface area contributed by atoms with Crippen LogP contribution in [-0.2, 0) is 6.54 Å². The number of nitrogens with zero attached hydrogens (tertiary/aromatic N) is 3. The van der Waals surface area contributed by atoms with Gasteiger partial charge >= 0.3 is 0 Å². The minimum absolute atomic E-state index is 0.557. The Balaban J connectivity index is 2.48. The zero-order chi connectivity index (χ0) is 14.1. The van der Waals surface area contributed by atoms with Gasteiger partial charge in [0.2, 0.25) is 0 Å². The highest BCUT2D eigenvalue weighted by molar-refractivity contribution is 5.39. The highest BCUT2D eigenvalue weighted by Gasteiger charge is 2.06. The Morgan fingerprint density at radius 3 is 2.26 bits per heavy atom. The number of anilines is 1. The average molecular weight is 264 g/mol. The fraction of sp³-hybridized carbons (Fsp3) is 0.667. The number of nitrogens with two attached hydrogens (primary N) is 1. The second-order valence-corrected chi connectivity index (χ2v) is 4.69. The van der Waals surface area contributed by atoms with E-state index in [1.165, 1.54) is 6.42 Å². The molecule has 0 amide bonds. The molecule has 0 aromatic carbocycles. The minimum atomic E-state index is 0.557. The van der Waals surface area contributed by atoms with E-state index in [-0.39, 0.29) is 0 Å². The Morgan fingerprint density at radius 1 is 1.05 bits per heavy atom. The molecule has 0 bridgehead atoms. The third-order valence-electron chi connectivity index (χ3n) is 3.55. The topological polar surface area (TPSA) is 45.4 Å². The Hall–Kier alpha value is -1.13. The summed E-state index contributed by atoms with van der Waals surface area (Å²) in [6.07, 6.45) is 3.05. The molecule has 0 fully saturated rings. The van der Waals surface area contributed by atoms with Crippen LogP contribution >= 0.6 is 0 Å². The molecule has 0 saturated carbocycles. The monoisotopic (exact) mass is 264 g/mol. The first kappa shape index (κ1) is 15.9. The van der Waals surface area contributed by atoms with Crippen LogP contribution in [0.1, 0.15) is 32.8 Å². The van der Waals surface area contributed by atoms with E-state index in [9.17, 15) is 0 Å². The molecule has 0 radical (unpaired) electrons. The van der Waals surface area contributed by atoms with E-state index in [0.717, 1.165) is 44.1 Å². The summed E-state index contributed by atoms with van der Waals surface area (Å²) in [6.45, 7) is 12.6. The van der Waals surface area contributed by atoms with Crippen LogP contribution in [0.3, 0.4) is 0 Å². The van der Waals surface area contributed by atoms with E-state index < -0.39 is 0 Å². The fourth-order valence-electron chi connectivity index (χ4n) is 2.18. The maximum absolute atomic E-state index is 5.59. The quantitative estimate of drug-likeness (QED) is 0.742. The van der Waals surface area contributed by atoms with Crippen molar-refractivity contribution in [1.29, 1.82) is 0 Å². The first-order valence-electron chi connectivity index (χ1n) is 7.37. The van der Waals surface area contributed by atoms with Crippen molar-refractivity contribution in [2.45, 2.75) is 33.7 Å². The molecule has 4 heteroatoms. The summed E-state index contributed by atoms with van der Waals surface area (Å²) in [7, 11) is 0. The van der Waals surface area contributed by atoms with Crippen LogP contribution in [0, 0.1) is 0 Å². The van der Waals surface area contributed by atoms with E-state index in [2.05, 4.69) is 47.7 Å². The standard InChI is InChI=1S/C15H28N4/c1-4-18(5-2)10-7-11-19(6-3)15-9-8-14(12-16)13-17-15/h8-9,13H,4-7,10-12,16H2,1-3H3. The number of hydrogen-bond donors (Lipinski definition) is 1. The van der Waals surface area contributed by atoms with Gasteiger partial charge in [-0.1, -0.05) is 19.9 Å². The van der Waals surface area contributed by atoms with Crippen molar-refractivity contribution in [2.75, 3.05) is 37.6 Å². The normalized spacial score (nSPS) is 11.0. The van der Waals surface area contributed by atoms with E-state index in [0.29, 0.717) is 6.54 Å². The highest BCUT2D eigenvalue weighted by Crippen LogP contribution is 2.11. The number of pyridine rings is 1. The summed E-state index contributed by atoms with van der Waals surface area (Å²) in [5.41, 5.74) is 6.68. The van der Waals surface area contributed by atoms with Crippen molar-refractivity contribution in [2.24, 2.45) is 5.73 Å². The van der Waals surface area contributed by atoms with Crippen LogP contribution < -0.4 is 10.6 Å². The molecular formula is C15H28N4. The van der Waals surface area contributed by atoms with Crippen LogP contribution in [0.5, 0.6) is 0 Å². The second-order valence-electron chi connectivity index (χ2n) is 4.69. The summed E-state index contributed by atoms with van der Waals surface area (Å²) in [6, 6.07) is 4.14. The molecule has 19 heavy (non-hydrogen) atoms. The zero-order valence-corrected chi connectivity index (χ0v) is 12.6. The lowest BCUT2D eigenvalue weighted by atomic mass is 10.2. The third-order valence-corrected chi connectivity index (χ3v) is 3.55. The lowest BCUT2D eigenvalue weighted by Crippen LogP contribution is -2.30. The predicted octanol–water partition coefficient (Wildman–Crippen LogP) is 2.10. The second kappa shape index (κ2) is 8.88. The summed E-state index contributed by atoms with van der Waals surface area (Å²) < 4.78 is 0. The zero-order valence-electron chi connectivity index (χ0n) is 12.6. The van der Waals surface area contributed by atoms with Crippen LogP contribution in [-0.4, -0.2) is 42.6 Å². The van der Waals surface area contributed by atoms with E-state index in [4.69, 9.17) is 5.73 Å². The largest absolute Gasteiger partial charge is 0.357 e. The van der Waals surface area contributed by atoms with Gasteiger partial charge in [0.1, 0.15) is 5.82 Å². The third kappa shape index (κ3) is 5.17. The number of rotatable bonds is 9. The molecule has 1 aromatic rings. The Bertz CT molecular complexity index is 333. The van der Waals surface area contributed by atoms with Crippen LogP contribution in [0.25, 0.3) is 0 Å². The molecule has 0 spiro atoms. The van der Waals surface area contributed by atoms with Gasteiger partial charge < -0.3 is 15.5 Å². The smallest absolute Gasteiger partial charge is 0.128 e. The van der Waals surface area contributed by atoms with Crippen molar-refractivity contribution in [1.82, 2.24) is 9.88 Å². The molecule has 0 unspecified atom stereocenters. The molecule has 108 valence electrons. The highest BCUT2D eigenvalue weighted by atomic mass is 15.2. The SMILES string of the molecule is CCN(CC)CCCN(CC)c1ccc(CN)cn1. The van der Waals surface area contributed by atoms with Gasteiger partial charge in [-0.2, -0.15) is 0 Å². The van der Waals surface area contributed by atoms with Gasteiger partial charge in [0.25, 0.3) is 0 Å². The molecule has 1 heterocycles. The summed E-state index contributed by atoms with van der Waals surface area (Å²) in [4.78, 5) is 9.27. The molecule has 0 saturated heterocycles. The van der Waals surface area contributed by atoms with E-state index >= 15 is 0 Å². The molecular weight excluding hydrogens is 236 g/mol. The van der Waals surface area contributed by atoms with E-state index in [1.54, 1.807) is 0 Å². The number of hydrogen-bond acceptors (Lipinski definition) is 4. The van der Waals surface area contributed by atoms with Gasteiger partial charge in [-0.25, -0.2) is 4.98 Å². The van der Waals surface area contributed by atoms with Crippen molar-refractivity contribution in [3.63, 3.8) is 0 Å².